The molecule has 0 saturated heterocycles. The van der Waals surface area contributed by atoms with Crippen molar-refractivity contribution in [1.82, 2.24) is 10.6 Å². The Morgan fingerprint density at radius 2 is 1.82 bits per heavy atom. The Balaban J connectivity index is 2.55. The van der Waals surface area contributed by atoms with E-state index in [0.717, 1.165) is 12.1 Å². The van der Waals surface area contributed by atoms with Crippen LogP contribution >= 0.6 is 0 Å². The van der Waals surface area contributed by atoms with Crippen LogP contribution in [0.1, 0.15) is 38.8 Å². The number of esters is 1. The Kier molecular flexibility index (Phi) is 6.89. The molecule has 5 heteroatoms. The minimum atomic E-state index is -0.476. The number of guanidine groups is 1. The molecular formula is C17H27N3O2. The van der Waals surface area contributed by atoms with Crippen molar-refractivity contribution in [2.45, 2.75) is 46.8 Å². The van der Waals surface area contributed by atoms with Gasteiger partial charge < -0.3 is 15.4 Å². The largest absolute Gasteiger partial charge is 0.459 e. The number of rotatable bonds is 5. The van der Waals surface area contributed by atoms with Crippen molar-refractivity contribution in [2.75, 3.05) is 13.1 Å². The molecule has 122 valence electrons. The second-order valence-corrected chi connectivity index (χ2v) is 6.12. The highest BCUT2D eigenvalue weighted by molar-refractivity contribution is 5.84. The Bertz CT molecular complexity index is 502. The highest BCUT2D eigenvalue weighted by Gasteiger charge is 2.16. The van der Waals surface area contributed by atoms with Gasteiger partial charge in [-0.3, -0.25) is 4.79 Å². The van der Waals surface area contributed by atoms with Crippen LogP contribution in [0, 0.1) is 6.92 Å². The first-order valence-corrected chi connectivity index (χ1v) is 7.59. The van der Waals surface area contributed by atoms with E-state index in [1.165, 1.54) is 5.56 Å². The van der Waals surface area contributed by atoms with E-state index in [1.807, 2.05) is 27.7 Å². The third-order valence-electron chi connectivity index (χ3n) is 2.70. The molecule has 0 fully saturated rings. The van der Waals surface area contributed by atoms with Crippen molar-refractivity contribution in [3.63, 3.8) is 0 Å². The molecule has 5 nitrogen and oxygen atoms in total. The van der Waals surface area contributed by atoms with Gasteiger partial charge in [-0.25, -0.2) is 4.99 Å². The second-order valence-electron chi connectivity index (χ2n) is 6.12. The van der Waals surface area contributed by atoms with Crippen molar-refractivity contribution in [3.8, 4) is 0 Å². The van der Waals surface area contributed by atoms with Crippen molar-refractivity contribution < 1.29 is 9.53 Å². The zero-order valence-corrected chi connectivity index (χ0v) is 14.2. The van der Waals surface area contributed by atoms with Gasteiger partial charge in [-0.05, 0) is 40.2 Å². The van der Waals surface area contributed by atoms with Gasteiger partial charge >= 0.3 is 5.97 Å². The Morgan fingerprint density at radius 1 is 1.18 bits per heavy atom. The number of aryl methyl sites for hydroxylation is 1. The van der Waals surface area contributed by atoms with Crippen LogP contribution in [-0.4, -0.2) is 30.6 Å². The molecule has 1 rings (SSSR count). The number of carbonyl (C=O) groups excluding carboxylic acids is 1. The third kappa shape index (κ3) is 7.67. The zero-order chi connectivity index (χ0) is 16.6. The summed E-state index contributed by atoms with van der Waals surface area (Å²) in [5, 5.41) is 6.10. The molecule has 0 radical (unpaired) electrons. The van der Waals surface area contributed by atoms with Crippen LogP contribution in [0.3, 0.4) is 0 Å². The van der Waals surface area contributed by atoms with Gasteiger partial charge in [0.05, 0.1) is 6.54 Å². The molecule has 0 saturated carbocycles. The molecule has 0 aromatic heterocycles. The van der Waals surface area contributed by atoms with Gasteiger partial charge in [0.25, 0.3) is 0 Å². The van der Waals surface area contributed by atoms with Crippen LogP contribution < -0.4 is 10.6 Å². The number of hydrogen-bond donors (Lipinski definition) is 2. The van der Waals surface area contributed by atoms with E-state index < -0.39 is 5.60 Å². The van der Waals surface area contributed by atoms with E-state index in [2.05, 4.69) is 46.8 Å². The van der Waals surface area contributed by atoms with Crippen molar-refractivity contribution in [2.24, 2.45) is 4.99 Å². The van der Waals surface area contributed by atoms with E-state index in [0.29, 0.717) is 12.5 Å². The fourth-order valence-corrected chi connectivity index (χ4v) is 1.74. The van der Waals surface area contributed by atoms with E-state index in [1.54, 1.807) is 0 Å². The summed E-state index contributed by atoms with van der Waals surface area (Å²) < 4.78 is 5.26. The average Bonchev–Trinajstić information content (AvgIpc) is 2.42. The van der Waals surface area contributed by atoms with Gasteiger partial charge in [0.1, 0.15) is 12.1 Å². The lowest BCUT2D eigenvalue weighted by Crippen LogP contribution is -2.41. The van der Waals surface area contributed by atoms with Gasteiger partial charge in [0, 0.05) is 6.54 Å². The quantitative estimate of drug-likeness (QED) is 0.498. The summed E-state index contributed by atoms with van der Waals surface area (Å²) in [4.78, 5) is 16.2. The Hall–Kier alpha value is -2.04. The summed E-state index contributed by atoms with van der Waals surface area (Å²) in [6.07, 6.45) is 0. The first-order valence-electron chi connectivity index (χ1n) is 7.59. The van der Waals surface area contributed by atoms with Crippen molar-refractivity contribution in [1.29, 1.82) is 0 Å². The summed E-state index contributed by atoms with van der Waals surface area (Å²) in [6.45, 7) is 11.0. The third-order valence-corrected chi connectivity index (χ3v) is 2.70. The maximum absolute atomic E-state index is 11.7. The van der Waals surface area contributed by atoms with E-state index >= 15 is 0 Å². The number of aliphatic imine (C=N–C) groups is 1. The molecule has 1 aromatic carbocycles. The van der Waals surface area contributed by atoms with Crippen molar-refractivity contribution >= 4 is 11.9 Å². The molecule has 0 amide bonds. The summed E-state index contributed by atoms with van der Waals surface area (Å²) in [5.41, 5.74) is 1.87. The minimum absolute atomic E-state index is 0.0942. The molecule has 0 heterocycles. The molecule has 0 atom stereocenters. The van der Waals surface area contributed by atoms with Crippen molar-refractivity contribution in [3.05, 3.63) is 35.4 Å². The summed E-state index contributed by atoms with van der Waals surface area (Å²) >= 11 is 0. The van der Waals surface area contributed by atoms with Crippen LogP contribution in [0.15, 0.2) is 29.3 Å². The normalized spacial score (nSPS) is 12.0. The van der Waals surface area contributed by atoms with Crippen LogP contribution in [-0.2, 0) is 16.1 Å². The van der Waals surface area contributed by atoms with E-state index in [-0.39, 0.29) is 12.5 Å². The maximum atomic E-state index is 11.7. The molecule has 0 aliphatic heterocycles. The van der Waals surface area contributed by atoms with Crippen LogP contribution in [0.2, 0.25) is 0 Å². The standard InChI is InChI=1S/C17H27N3O2/c1-6-18-16(20-12-15(21)22-17(3,4)5)19-11-14-9-7-13(2)8-10-14/h7-10H,6,11-12H2,1-5H3,(H2,18,19,20). The zero-order valence-electron chi connectivity index (χ0n) is 14.2. The smallest absolute Gasteiger partial charge is 0.325 e. The first kappa shape index (κ1) is 18.0. The van der Waals surface area contributed by atoms with Gasteiger partial charge in [-0.2, -0.15) is 0 Å². The van der Waals surface area contributed by atoms with Gasteiger partial charge in [0.15, 0.2) is 5.96 Å². The summed E-state index contributed by atoms with van der Waals surface area (Å²) in [6, 6.07) is 8.23. The molecule has 0 bridgehead atoms. The van der Waals surface area contributed by atoms with Gasteiger partial charge in [-0.1, -0.05) is 29.8 Å². The molecule has 0 unspecified atom stereocenters. The van der Waals surface area contributed by atoms with E-state index in [4.69, 9.17) is 4.74 Å². The van der Waals surface area contributed by atoms with Crippen LogP contribution in [0.25, 0.3) is 0 Å². The van der Waals surface area contributed by atoms with E-state index in [9.17, 15) is 4.79 Å². The predicted molar refractivity (Wildman–Crippen MR) is 89.8 cm³/mol. The SMILES string of the molecule is CCNC(=NCc1ccc(C)cc1)NCC(=O)OC(C)(C)C. The fraction of sp³-hybridized carbons (Fsp3) is 0.529. The monoisotopic (exact) mass is 305 g/mol. The molecule has 0 aliphatic carbocycles. The Labute approximate surface area is 133 Å². The van der Waals surface area contributed by atoms with Crippen LogP contribution in [0.5, 0.6) is 0 Å². The molecule has 22 heavy (non-hydrogen) atoms. The lowest BCUT2D eigenvalue weighted by atomic mass is 10.1. The van der Waals surface area contributed by atoms with Gasteiger partial charge in [-0.15, -0.1) is 0 Å². The molecular weight excluding hydrogens is 278 g/mol. The highest BCUT2D eigenvalue weighted by atomic mass is 16.6. The fourth-order valence-electron chi connectivity index (χ4n) is 1.74. The number of benzene rings is 1. The first-order chi connectivity index (χ1) is 10.3. The second kappa shape index (κ2) is 8.41. The number of hydrogen-bond acceptors (Lipinski definition) is 3. The summed E-state index contributed by atoms with van der Waals surface area (Å²) in [5.74, 6) is 0.308. The predicted octanol–water partition coefficient (Wildman–Crippen LogP) is 2.39. The molecule has 2 N–H and O–H groups in total. The average molecular weight is 305 g/mol. The minimum Gasteiger partial charge on any atom is -0.459 e. The number of ether oxygens (including phenoxy) is 1. The lowest BCUT2D eigenvalue weighted by Gasteiger charge is -2.20. The van der Waals surface area contributed by atoms with Gasteiger partial charge in [0.2, 0.25) is 0 Å². The number of carbonyl (C=O) groups is 1. The number of nitrogens with zero attached hydrogens (tertiary/aromatic N) is 1. The molecule has 1 aromatic rings. The molecule has 0 aliphatic rings. The maximum Gasteiger partial charge on any atom is 0.325 e. The van der Waals surface area contributed by atoms with Crippen LogP contribution in [0.4, 0.5) is 0 Å². The lowest BCUT2D eigenvalue weighted by molar-refractivity contribution is -0.153. The number of nitrogens with one attached hydrogen (secondary N) is 2. The Morgan fingerprint density at radius 3 is 2.36 bits per heavy atom. The topological polar surface area (TPSA) is 62.7 Å². The molecule has 0 spiro atoms. The highest BCUT2D eigenvalue weighted by Crippen LogP contribution is 2.06. The summed E-state index contributed by atoms with van der Waals surface area (Å²) in [7, 11) is 0.